The second-order valence-electron chi connectivity index (χ2n) is 5.50. The highest BCUT2D eigenvalue weighted by molar-refractivity contribution is 5.78. The summed E-state index contributed by atoms with van der Waals surface area (Å²) >= 11 is 0. The number of cyclic esters (lactones) is 1. The molecule has 1 atom stereocenters. The van der Waals surface area contributed by atoms with Crippen molar-refractivity contribution in [1.29, 1.82) is 0 Å². The van der Waals surface area contributed by atoms with Gasteiger partial charge in [-0.15, -0.1) is 0 Å². The Labute approximate surface area is 117 Å². The molecule has 0 bridgehead atoms. The smallest absolute Gasteiger partial charge is 0.306 e. The molecule has 2 aromatic rings. The SMILES string of the molecule is Cc1cccc2[nH]c(CN(C)C[C@@H]3CCC(=O)O3)nc12. The summed E-state index contributed by atoms with van der Waals surface area (Å²) in [6, 6.07) is 6.13. The summed E-state index contributed by atoms with van der Waals surface area (Å²) in [7, 11) is 2.02. The Kier molecular flexibility index (Phi) is 3.44. The van der Waals surface area contributed by atoms with Gasteiger partial charge in [0.05, 0.1) is 17.6 Å². The van der Waals surface area contributed by atoms with E-state index in [2.05, 4.69) is 27.9 Å². The summed E-state index contributed by atoms with van der Waals surface area (Å²) in [6.07, 6.45) is 1.39. The number of hydrogen-bond donors (Lipinski definition) is 1. The average molecular weight is 273 g/mol. The molecule has 1 N–H and O–H groups in total. The number of hydrogen-bond acceptors (Lipinski definition) is 4. The molecule has 1 aromatic carbocycles. The third kappa shape index (κ3) is 2.67. The largest absolute Gasteiger partial charge is 0.461 e. The van der Waals surface area contributed by atoms with E-state index in [4.69, 9.17) is 4.74 Å². The van der Waals surface area contributed by atoms with Gasteiger partial charge in [0.15, 0.2) is 0 Å². The van der Waals surface area contributed by atoms with Crippen LogP contribution in [0.4, 0.5) is 0 Å². The number of nitrogens with zero attached hydrogens (tertiary/aromatic N) is 2. The second-order valence-corrected chi connectivity index (χ2v) is 5.50. The third-order valence-corrected chi connectivity index (χ3v) is 3.67. The van der Waals surface area contributed by atoms with Crippen molar-refractivity contribution in [3.05, 3.63) is 29.6 Å². The lowest BCUT2D eigenvalue weighted by Gasteiger charge is -2.18. The molecule has 1 aromatic heterocycles. The monoisotopic (exact) mass is 273 g/mol. The van der Waals surface area contributed by atoms with Gasteiger partial charge in [0, 0.05) is 13.0 Å². The van der Waals surface area contributed by atoms with Gasteiger partial charge < -0.3 is 9.72 Å². The number of likely N-dealkylation sites (N-methyl/N-ethyl adjacent to an activating group) is 1. The number of H-pyrrole nitrogens is 1. The fourth-order valence-electron chi connectivity index (χ4n) is 2.68. The standard InChI is InChI=1S/C15H19N3O2/c1-10-4-3-5-12-15(10)17-13(16-12)9-18(2)8-11-6-7-14(19)20-11/h3-5,11H,6-9H2,1-2H3,(H,16,17)/t11-/m0/s1. The summed E-state index contributed by atoms with van der Waals surface area (Å²) < 4.78 is 5.24. The van der Waals surface area contributed by atoms with Crippen LogP contribution in [-0.4, -0.2) is 40.5 Å². The summed E-state index contributed by atoms with van der Waals surface area (Å²) in [5.41, 5.74) is 3.28. The molecule has 0 radical (unpaired) electrons. The highest BCUT2D eigenvalue weighted by Crippen LogP contribution is 2.18. The minimum atomic E-state index is -0.0808. The van der Waals surface area contributed by atoms with Gasteiger partial charge in [-0.1, -0.05) is 12.1 Å². The molecule has 20 heavy (non-hydrogen) atoms. The van der Waals surface area contributed by atoms with Crippen LogP contribution in [0.15, 0.2) is 18.2 Å². The Hall–Kier alpha value is -1.88. The maximum absolute atomic E-state index is 11.1. The third-order valence-electron chi connectivity index (χ3n) is 3.67. The Morgan fingerprint density at radius 3 is 3.05 bits per heavy atom. The van der Waals surface area contributed by atoms with E-state index in [1.807, 2.05) is 19.2 Å². The average Bonchev–Trinajstić information content (AvgIpc) is 2.96. The summed E-state index contributed by atoms with van der Waals surface area (Å²) in [5.74, 6) is 0.865. The summed E-state index contributed by atoms with van der Waals surface area (Å²) in [6.45, 7) is 3.54. The zero-order valence-electron chi connectivity index (χ0n) is 11.8. The first-order valence-corrected chi connectivity index (χ1v) is 6.94. The Morgan fingerprint density at radius 2 is 2.35 bits per heavy atom. The maximum Gasteiger partial charge on any atom is 0.306 e. The Morgan fingerprint density at radius 1 is 1.50 bits per heavy atom. The zero-order chi connectivity index (χ0) is 14.1. The van der Waals surface area contributed by atoms with Crippen LogP contribution in [0, 0.1) is 6.92 Å². The van der Waals surface area contributed by atoms with Crippen molar-refractivity contribution in [1.82, 2.24) is 14.9 Å². The summed E-state index contributed by atoms with van der Waals surface area (Å²) in [4.78, 5) is 21.2. The van der Waals surface area contributed by atoms with Gasteiger partial charge in [-0.25, -0.2) is 4.98 Å². The van der Waals surface area contributed by atoms with E-state index in [1.165, 1.54) is 5.56 Å². The number of aryl methyl sites for hydroxylation is 1. The number of carbonyl (C=O) groups excluding carboxylic acids is 1. The highest BCUT2D eigenvalue weighted by Gasteiger charge is 2.24. The van der Waals surface area contributed by atoms with Gasteiger partial charge in [0.25, 0.3) is 0 Å². The molecule has 106 valence electrons. The predicted octanol–water partition coefficient (Wildman–Crippen LogP) is 2.01. The number of para-hydroxylation sites is 1. The molecule has 5 nitrogen and oxygen atoms in total. The first-order chi connectivity index (χ1) is 9.61. The molecule has 1 aliphatic rings. The van der Waals surface area contributed by atoms with E-state index in [9.17, 15) is 4.79 Å². The van der Waals surface area contributed by atoms with Crippen molar-refractivity contribution >= 4 is 17.0 Å². The second kappa shape index (κ2) is 5.25. The first kappa shape index (κ1) is 13.1. The molecule has 2 heterocycles. The molecule has 5 heteroatoms. The maximum atomic E-state index is 11.1. The Bertz CT molecular complexity index is 635. The van der Waals surface area contributed by atoms with Crippen LogP contribution in [0.5, 0.6) is 0 Å². The number of nitrogens with one attached hydrogen (secondary N) is 1. The number of esters is 1. The lowest BCUT2D eigenvalue weighted by molar-refractivity contribution is -0.141. The number of carbonyl (C=O) groups is 1. The molecule has 1 aliphatic heterocycles. The van der Waals surface area contributed by atoms with Crippen molar-refractivity contribution in [3.8, 4) is 0 Å². The molecule has 0 amide bonds. The molecule has 3 rings (SSSR count). The molecule has 0 saturated carbocycles. The quantitative estimate of drug-likeness (QED) is 0.866. The van der Waals surface area contributed by atoms with E-state index in [-0.39, 0.29) is 12.1 Å². The fraction of sp³-hybridized carbons (Fsp3) is 0.467. The van der Waals surface area contributed by atoms with Crippen LogP contribution in [0.1, 0.15) is 24.2 Å². The van der Waals surface area contributed by atoms with Gasteiger partial charge >= 0.3 is 5.97 Å². The fourth-order valence-corrected chi connectivity index (χ4v) is 2.68. The predicted molar refractivity (Wildman–Crippen MR) is 76.3 cm³/mol. The van der Waals surface area contributed by atoms with Crippen molar-refractivity contribution < 1.29 is 9.53 Å². The number of aromatic nitrogens is 2. The van der Waals surface area contributed by atoms with E-state index in [0.29, 0.717) is 6.42 Å². The minimum absolute atomic E-state index is 0.0265. The van der Waals surface area contributed by atoms with Crippen LogP contribution in [0.3, 0.4) is 0 Å². The highest BCUT2D eigenvalue weighted by atomic mass is 16.5. The van der Waals surface area contributed by atoms with Crippen molar-refractivity contribution in [2.45, 2.75) is 32.4 Å². The number of aromatic amines is 1. The van der Waals surface area contributed by atoms with Gasteiger partial charge in [0.1, 0.15) is 11.9 Å². The van der Waals surface area contributed by atoms with Crippen LogP contribution in [-0.2, 0) is 16.1 Å². The van der Waals surface area contributed by atoms with Gasteiger partial charge in [-0.05, 0) is 32.0 Å². The molecule has 0 aliphatic carbocycles. The zero-order valence-corrected chi connectivity index (χ0v) is 11.8. The van der Waals surface area contributed by atoms with Gasteiger partial charge in [-0.2, -0.15) is 0 Å². The van der Waals surface area contributed by atoms with Gasteiger partial charge in [-0.3, -0.25) is 9.69 Å². The van der Waals surface area contributed by atoms with E-state index in [0.717, 1.165) is 36.4 Å². The number of rotatable bonds is 4. The van der Waals surface area contributed by atoms with E-state index >= 15 is 0 Å². The van der Waals surface area contributed by atoms with E-state index in [1.54, 1.807) is 0 Å². The summed E-state index contributed by atoms with van der Waals surface area (Å²) in [5, 5.41) is 0. The Balaban J connectivity index is 1.66. The van der Waals surface area contributed by atoms with Crippen molar-refractivity contribution in [2.75, 3.05) is 13.6 Å². The molecular formula is C15H19N3O2. The van der Waals surface area contributed by atoms with Crippen LogP contribution < -0.4 is 0 Å². The molecule has 0 spiro atoms. The van der Waals surface area contributed by atoms with Crippen molar-refractivity contribution in [3.63, 3.8) is 0 Å². The number of ether oxygens (including phenoxy) is 1. The normalized spacial score (nSPS) is 18.9. The van der Waals surface area contributed by atoms with Crippen molar-refractivity contribution in [2.24, 2.45) is 0 Å². The van der Waals surface area contributed by atoms with E-state index < -0.39 is 0 Å². The lowest BCUT2D eigenvalue weighted by Crippen LogP contribution is -2.29. The number of benzene rings is 1. The lowest BCUT2D eigenvalue weighted by atomic mass is 10.2. The van der Waals surface area contributed by atoms with Crippen LogP contribution in [0.2, 0.25) is 0 Å². The molecule has 1 saturated heterocycles. The van der Waals surface area contributed by atoms with Gasteiger partial charge in [0.2, 0.25) is 0 Å². The van der Waals surface area contributed by atoms with Crippen LogP contribution >= 0.6 is 0 Å². The van der Waals surface area contributed by atoms with Crippen LogP contribution in [0.25, 0.3) is 11.0 Å². The molecule has 1 fully saturated rings. The number of fused-ring (bicyclic) bond motifs is 1. The minimum Gasteiger partial charge on any atom is -0.461 e. The first-order valence-electron chi connectivity index (χ1n) is 6.94. The number of imidazole rings is 1. The molecule has 0 unspecified atom stereocenters. The molecular weight excluding hydrogens is 254 g/mol. The topological polar surface area (TPSA) is 58.2 Å².